The highest BCUT2D eigenvalue weighted by atomic mass is 35.5. The monoisotopic (exact) mass is 355 g/mol. The van der Waals surface area contributed by atoms with Gasteiger partial charge in [0.15, 0.2) is 5.82 Å². The molecule has 1 aliphatic heterocycles. The van der Waals surface area contributed by atoms with Crippen molar-refractivity contribution >= 4 is 33.0 Å². The standard InChI is InChI=1S/C16H15ClFNO3S/c17-11-5-10-15-22-14-9-4-8-13(18)16(14)19(23(15,20)21)12-6-2-1-3-7-12/h1-4,6-9,15H,5,10-11H2. The summed E-state index contributed by atoms with van der Waals surface area (Å²) in [7, 11) is -3.91. The number of nitrogens with zero attached hydrogens (tertiary/aromatic N) is 1. The fraction of sp³-hybridized carbons (Fsp3) is 0.250. The molecule has 0 N–H and O–H groups in total. The van der Waals surface area contributed by atoms with Crippen LogP contribution in [0.1, 0.15) is 12.8 Å². The maximum absolute atomic E-state index is 14.3. The molecule has 0 saturated carbocycles. The van der Waals surface area contributed by atoms with E-state index < -0.39 is 21.3 Å². The Morgan fingerprint density at radius 1 is 1.13 bits per heavy atom. The second-order valence-electron chi connectivity index (χ2n) is 5.11. The molecular weight excluding hydrogens is 341 g/mol. The van der Waals surface area contributed by atoms with Crippen molar-refractivity contribution < 1.29 is 17.5 Å². The fourth-order valence-electron chi connectivity index (χ4n) is 2.53. The summed E-state index contributed by atoms with van der Waals surface area (Å²) in [5, 5.41) is 0. The number of anilines is 2. The summed E-state index contributed by atoms with van der Waals surface area (Å²) >= 11 is 5.67. The third-order valence-electron chi connectivity index (χ3n) is 3.56. The van der Waals surface area contributed by atoms with E-state index in [1.807, 2.05) is 0 Å². The van der Waals surface area contributed by atoms with Crippen LogP contribution in [-0.2, 0) is 10.0 Å². The van der Waals surface area contributed by atoms with Gasteiger partial charge in [0, 0.05) is 12.3 Å². The number of halogens is 2. The average molecular weight is 356 g/mol. The lowest BCUT2D eigenvalue weighted by atomic mass is 10.2. The zero-order valence-corrected chi connectivity index (χ0v) is 13.7. The summed E-state index contributed by atoms with van der Waals surface area (Å²) in [5.41, 5.74) is -0.797. The number of hydrogen-bond acceptors (Lipinski definition) is 3. The van der Waals surface area contributed by atoms with E-state index in [1.54, 1.807) is 36.4 Å². The lowest BCUT2D eigenvalue weighted by molar-refractivity contribution is 0.256. The molecule has 2 aromatic rings. The van der Waals surface area contributed by atoms with Gasteiger partial charge in [-0.15, -0.1) is 11.6 Å². The van der Waals surface area contributed by atoms with Crippen molar-refractivity contribution in [1.29, 1.82) is 0 Å². The molecule has 0 spiro atoms. The van der Waals surface area contributed by atoms with Gasteiger partial charge in [-0.1, -0.05) is 24.3 Å². The Kier molecular flexibility index (Phi) is 4.46. The summed E-state index contributed by atoms with van der Waals surface area (Å²) < 4.78 is 46.8. The maximum atomic E-state index is 14.3. The number of sulfonamides is 1. The Morgan fingerprint density at radius 2 is 1.87 bits per heavy atom. The Bertz CT molecular complexity index is 798. The predicted molar refractivity (Wildman–Crippen MR) is 88.3 cm³/mol. The summed E-state index contributed by atoms with van der Waals surface area (Å²) in [5.74, 6) is -0.106. The van der Waals surface area contributed by atoms with Crippen LogP contribution in [0.4, 0.5) is 15.8 Å². The maximum Gasteiger partial charge on any atom is 0.278 e. The topological polar surface area (TPSA) is 46.6 Å². The van der Waals surface area contributed by atoms with E-state index in [9.17, 15) is 12.8 Å². The number of ether oxygens (including phenoxy) is 1. The first-order valence-electron chi connectivity index (χ1n) is 7.16. The molecule has 0 fully saturated rings. The minimum atomic E-state index is -3.91. The van der Waals surface area contributed by atoms with Gasteiger partial charge in [0.1, 0.15) is 11.4 Å². The van der Waals surface area contributed by atoms with Crippen molar-refractivity contribution in [3.05, 3.63) is 54.3 Å². The molecule has 0 aliphatic carbocycles. The second kappa shape index (κ2) is 6.37. The SMILES string of the molecule is O=S1(=O)C(CCCCl)Oc2cccc(F)c2N1c1ccccc1. The molecule has 122 valence electrons. The highest BCUT2D eigenvalue weighted by Crippen LogP contribution is 2.44. The highest BCUT2D eigenvalue weighted by molar-refractivity contribution is 7.93. The van der Waals surface area contributed by atoms with Crippen LogP contribution in [0, 0.1) is 5.82 Å². The van der Waals surface area contributed by atoms with Gasteiger partial charge in [-0.05, 0) is 30.7 Å². The van der Waals surface area contributed by atoms with E-state index >= 15 is 0 Å². The molecule has 0 saturated heterocycles. The largest absolute Gasteiger partial charge is 0.470 e. The molecule has 7 heteroatoms. The minimum Gasteiger partial charge on any atom is -0.470 e. The molecule has 2 aromatic carbocycles. The quantitative estimate of drug-likeness (QED) is 0.778. The third kappa shape index (κ3) is 2.88. The van der Waals surface area contributed by atoms with Gasteiger partial charge in [-0.2, -0.15) is 0 Å². The number of para-hydroxylation sites is 2. The number of alkyl halides is 1. The van der Waals surface area contributed by atoms with E-state index in [4.69, 9.17) is 16.3 Å². The number of fused-ring (bicyclic) bond motifs is 1. The van der Waals surface area contributed by atoms with E-state index in [2.05, 4.69) is 0 Å². The molecule has 0 radical (unpaired) electrons. The fourth-order valence-corrected chi connectivity index (χ4v) is 4.45. The van der Waals surface area contributed by atoms with Crippen molar-refractivity contribution in [2.45, 2.75) is 18.3 Å². The van der Waals surface area contributed by atoms with Crippen molar-refractivity contribution in [3.8, 4) is 5.75 Å². The molecule has 0 amide bonds. The summed E-state index contributed by atoms with van der Waals surface area (Å²) in [6.45, 7) is 0. The van der Waals surface area contributed by atoms with Crippen LogP contribution in [0.2, 0.25) is 0 Å². The third-order valence-corrected chi connectivity index (χ3v) is 5.73. The van der Waals surface area contributed by atoms with Crippen LogP contribution in [0.15, 0.2) is 48.5 Å². The van der Waals surface area contributed by atoms with Crippen LogP contribution < -0.4 is 9.04 Å². The van der Waals surface area contributed by atoms with Crippen LogP contribution in [0.25, 0.3) is 0 Å². The van der Waals surface area contributed by atoms with Crippen LogP contribution >= 0.6 is 11.6 Å². The molecule has 3 rings (SSSR count). The van der Waals surface area contributed by atoms with Crippen LogP contribution in [0.5, 0.6) is 5.75 Å². The predicted octanol–water partition coefficient (Wildman–Crippen LogP) is 4.03. The first-order chi connectivity index (χ1) is 11.1. The van der Waals surface area contributed by atoms with Gasteiger partial charge >= 0.3 is 0 Å². The second-order valence-corrected chi connectivity index (χ2v) is 7.41. The molecule has 23 heavy (non-hydrogen) atoms. The lowest BCUT2D eigenvalue weighted by Gasteiger charge is -2.35. The van der Waals surface area contributed by atoms with Gasteiger partial charge in [0.25, 0.3) is 10.0 Å². The van der Waals surface area contributed by atoms with E-state index in [0.717, 1.165) is 4.31 Å². The number of benzene rings is 2. The number of hydrogen-bond donors (Lipinski definition) is 0. The van der Waals surface area contributed by atoms with Gasteiger partial charge in [0.2, 0.25) is 5.44 Å². The first kappa shape index (κ1) is 16.1. The molecule has 4 nitrogen and oxygen atoms in total. The molecular formula is C16H15ClFNO3S. The normalized spacial score (nSPS) is 19.0. The Labute approximate surface area is 139 Å². The van der Waals surface area contributed by atoms with Gasteiger partial charge in [-0.25, -0.2) is 17.1 Å². The first-order valence-corrected chi connectivity index (χ1v) is 9.20. The van der Waals surface area contributed by atoms with Crippen LogP contribution in [0.3, 0.4) is 0 Å². The molecule has 1 atom stereocenters. The lowest BCUT2D eigenvalue weighted by Crippen LogP contribution is -2.43. The number of rotatable bonds is 4. The van der Waals surface area contributed by atoms with Gasteiger partial charge in [0.05, 0.1) is 5.69 Å². The van der Waals surface area contributed by atoms with Crippen molar-refractivity contribution in [1.82, 2.24) is 0 Å². The summed E-state index contributed by atoms with van der Waals surface area (Å²) in [6.07, 6.45) is 0.726. The van der Waals surface area contributed by atoms with E-state index in [1.165, 1.54) is 12.1 Å². The highest BCUT2D eigenvalue weighted by Gasteiger charge is 2.42. The average Bonchev–Trinajstić information content (AvgIpc) is 2.54. The molecule has 1 unspecified atom stereocenters. The smallest absolute Gasteiger partial charge is 0.278 e. The van der Waals surface area contributed by atoms with Crippen molar-refractivity contribution in [2.24, 2.45) is 0 Å². The molecule has 1 heterocycles. The Hall–Kier alpha value is -1.79. The van der Waals surface area contributed by atoms with Crippen molar-refractivity contribution in [3.63, 3.8) is 0 Å². The summed E-state index contributed by atoms with van der Waals surface area (Å²) in [4.78, 5) is 0. The molecule has 1 aliphatic rings. The Balaban J connectivity index is 2.18. The van der Waals surface area contributed by atoms with Crippen LogP contribution in [-0.4, -0.2) is 19.7 Å². The summed E-state index contributed by atoms with van der Waals surface area (Å²) in [6, 6.07) is 12.7. The van der Waals surface area contributed by atoms with Gasteiger partial charge < -0.3 is 4.74 Å². The molecule has 0 bridgehead atoms. The van der Waals surface area contributed by atoms with Gasteiger partial charge in [-0.3, -0.25) is 0 Å². The zero-order valence-electron chi connectivity index (χ0n) is 12.2. The molecule has 0 aromatic heterocycles. The Morgan fingerprint density at radius 3 is 2.57 bits per heavy atom. The zero-order chi connectivity index (χ0) is 16.4. The van der Waals surface area contributed by atoms with E-state index in [0.29, 0.717) is 18.0 Å². The van der Waals surface area contributed by atoms with E-state index in [-0.39, 0.29) is 17.9 Å². The van der Waals surface area contributed by atoms with Crippen molar-refractivity contribution in [2.75, 3.05) is 10.2 Å². The minimum absolute atomic E-state index is 0.0826.